The minimum atomic E-state index is -0.832. The van der Waals surface area contributed by atoms with Crippen molar-refractivity contribution in [3.63, 3.8) is 0 Å². The van der Waals surface area contributed by atoms with Gasteiger partial charge in [0.05, 0.1) is 0 Å². The van der Waals surface area contributed by atoms with Crippen molar-refractivity contribution in [3.05, 3.63) is 97.2 Å². The quantitative estimate of drug-likeness (QED) is 0.0201. The van der Waals surface area contributed by atoms with Crippen LogP contribution in [-0.2, 0) is 28.6 Å². The molecule has 0 fully saturated rings. The predicted molar refractivity (Wildman–Crippen MR) is 251 cm³/mol. The average molecular weight is 819 g/mol. The molecule has 0 aliphatic carbocycles. The van der Waals surface area contributed by atoms with E-state index in [9.17, 15) is 14.4 Å². The number of rotatable bonds is 41. The van der Waals surface area contributed by atoms with Gasteiger partial charge in [0, 0.05) is 19.3 Å². The van der Waals surface area contributed by atoms with Gasteiger partial charge in [-0.3, -0.25) is 14.4 Å². The number of hydrogen-bond donors (Lipinski definition) is 0. The highest BCUT2D eigenvalue weighted by atomic mass is 16.6. The van der Waals surface area contributed by atoms with Crippen molar-refractivity contribution in [1.82, 2.24) is 0 Å². The Morgan fingerprint density at radius 2 is 0.746 bits per heavy atom. The van der Waals surface area contributed by atoms with Crippen LogP contribution in [-0.4, -0.2) is 37.2 Å². The summed E-state index contributed by atoms with van der Waals surface area (Å²) in [5.41, 5.74) is 0. The smallest absolute Gasteiger partial charge is 0.306 e. The van der Waals surface area contributed by atoms with Gasteiger partial charge in [0.1, 0.15) is 13.2 Å². The van der Waals surface area contributed by atoms with Gasteiger partial charge in [-0.15, -0.1) is 0 Å². The summed E-state index contributed by atoms with van der Waals surface area (Å²) in [5.74, 6) is -1.06. The van der Waals surface area contributed by atoms with Crippen LogP contribution in [0.25, 0.3) is 0 Å². The topological polar surface area (TPSA) is 78.9 Å². The van der Waals surface area contributed by atoms with E-state index in [-0.39, 0.29) is 38.0 Å². The Morgan fingerprint density at radius 1 is 0.373 bits per heavy atom. The molecule has 1 unspecified atom stereocenters. The molecule has 0 radical (unpaired) electrons. The van der Waals surface area contributed by atoms with Crippen LogP contribution < -0.4 is 0 Å². The maximum absolute atomic E-state index is 12.7. The van der Waals surface area contributed by atoms with Crippen LogP contribution in [0.4, 0.5) is 0 Å². The molecule has 0 aromatic rings. The standard InChI is InChI=1S/C53H86O6/c1-4-7-10-13-16-19-22-24-25-26-27-29-31-34-37-40-43-46-52(55)58-49-50(48-57-51(54)45-42-39-36-33-30-21-18-15-12-9-6-3)59-53(56)47-44-41-38-35-32-28-23-20-17-14-11-8-5-2/h8,11,14,17,20,23-25,27-29,32,34-35,37-38,50H,4-7,9-10,12-13,15-16,18-19,21-22,26,30-31,33,36,39-49H2,1-3H3/b11-8-,17-14-,23-20-,25-24-,29-27-,32-28-,37-34-,38-35-. The predicted octanol–water partition coefficient (Wildman–Crippen LogP) is 15.4. The summed E-state index contributed by atoms with van der Waals surface area (Å²) in [5, 5.41) is 0. The first-order chi connectivity index (χ1) is 29.0. The summed E-state index contributed by atoms with van der Waals surface area (Å²) in [6.45, 7) is 6.35. The Labute approximate surface area is 362 Å². The summed E-state index contributed by atoms with van der Waals surface area (Å²) in [6, 6.07) is 0. The van der Waals surface area contributed by atoms with Gasteiger partial charge in [0.25, 0.3) is 0 Å². The minimum Gasteiger partial charge on any atom is -0.462 e. The zero-order valence-electron chi connectivity index (χ0n) is 38.0. The van der Waals surface area contributed by atoms with Crippen molar-refractivity contribution in [1.29, 1.82) is 0 Å². The van der Waals surface area contributed by atoms with E-state index < -0.39 is 12.1 Å². The van der Waals surface area contributed by atoms with Crippen LogP contribution in [0.5, 0.6) is 0 Å². The van der Waals surface area contributed by atoms with E-state index in [1.807, 2.05) is 54.7 Å². The van der Waals surface area contributed by atoms with E-state index in [0.29, 0.717) is 19.3 Å². The van der Waals surface area contributed by atoms with Crippen LogP contribution in [0.1, 0.15) is 201 Å². The molecular weight excluding hydrogens is 733 g/mol. The van der Waals surface area contributed by atoms with Gasteiger partial charge in [-0.25, -0.2) is 0 Å². The first-order valence-corrected chi connectivity index (χ1v) is 23.8. The van der Waals surface area contributed by atoms with Crippen LogP contribution in [0, 0.1) is 0 Å². The van der Waals surface area contributed by atoms with Crippen molar-refractivity contribution in [2.75, 3.05) is 13.2 Å². The number of carbonyl (C=O) groups is 3. The van der Waals surface area contributed by atoms with Gasteiger partial charge >= 0.3 is 17.9 Å². The lowest BCUT2D eigenvalue weighted by Gasteiger charge is -2.18. The van der Waals surface area contributed by atoms with E-state index in [1.54, 1.807) is 0 Å². The third-order valence-corrected chi connectivity index (χ3v) is 9.70. The van der Waals surface area contributed by atoms with Gasteiger partial charge in [-0.1, -0.05) is 214 Å². The molecule has 0 amide bonds. The molecule has 1 atom stereocenters. The van der Waals surface area contributed by atoms with Crippen molar-refractivity contribution < 1.29 is 28.6 Å². The van der Waals surface area contributed by atoms with E-state index >= 15 is 0 Å². The van der Waals surface area contributed by atoms with E-state index in [0.717, 1.165) is 51.4 Å². The number of allylic oxidation sites excluding steroid dienone is 16. The Morgan fingerprint density at radius 3 is 1.25 bits per heavy atom. The maximum Gasteiger partial charge on any atom is 0.306 e. The molecule has 0 aliphatic rings. The Kier molecular flexibility index (Phi) is 44.1. The van der Waals surface area contributed by atoms with Crippen LogP contribution in [0.2, 0.25) is 0 Å². The fourth-order valence-corrected chi connectivity index (χ4v) is 6.13. The number of ether oxygens (including phenoxy) is 3. The molecule has 6 heteroatoms. The Bertz CT molecular complexity index is 1220. The molecule has 0 spiro atoms. The highest BCUT2D eigenvalue weighted by Crippen LogP contribution is 2.13. The second kappa shape index (κ2) is 47.0. The molecule has 334 valence electrons. The molecule has 0 aromatic carbocycles. The second-order valence-corrected chi connectivity index (χ2v) is 15.4. The third kappa shape index (κ3) is 45.3. The van der Waals surface area contributed by atoms with Crippen molar-refractivity contribution >= 4 is 17.9 Å². The SMILES string of the molecule is CC\C=C/C=C\C=C/C=C\C=C/CCCC(=O)OC(COC(=O)CCC/C=C\C/C=C\C/C=C\CCCCCCCC)COC(=O)CCCCCCCCCCCCC. The molecule has 0 saturated heterocycles. The largest absolute Gasteiger partial charge is 0.462 e. The van der Waals surface area contributed by atoms with Crippen molar-refractivity contribution in [2.24, 2.45) is 0 Å². The highest BCUT2D eigenvalue weighted by Gasteiger charge is 2.19. The van der Waals surface area contributed by atoms with Crippen molar-refractivity contribution in [2.45, 2.75) is 207 Å². The minimum absolute atomic E-state index is 0.122. The summed E-state index contributed by atoms with van der Waals surface area (Å²) >= 11 is 0. The summed E-state index contributed by atoms with van der Waals surface area (Å²) < 4.78 is 16.6. The highest BCUT2D eigenvalue weighted by molar-refractivity contribution is 5.71. The third-order valence-electron chi connectivity index (χ3n) is 9.70. The van der Waals surface area contributed by atoms with Crippen LogP contribution >= 0.6 is 0 Å². The number of carbonyl (C=O) groups excluding carboxylic acids is 3. The molecule has 0 aliphatic heterocycles. The average Bonchev–Trinajstić information content (AvgIpc) is 3.23. The molecule has 0 aromatic heterocycles. The molecule has 0 heterocycles. The molecular formula is C53H86O6. The maximum atomic E-state index is 12.7. The summed E-state index contributed by atoms with van der Waals surface area (Å²) in [6.07, 6.45) is 61.2. The molecule has 6 nitrogen and oxygen atoms in total. The molecule has 0 N–H and O–H groups in total. The molecule has 0 saturated carbocycles. The zero-order valence-corrected chi connectivity index (χ0v) is 38.0. The lowest BCUT2D eigenvalue weighted by Crippen LogP contribution is -2.30. The molecule has 0 bridgehead atoms. The second-order valence-electron chi connectivity index (χ2n) is 15.4. The van der Waals surface area contributed by atoms with Crippen LogP contribution in [0.3, 0.4) is 0 Å². The number of unbranched alkanes of at least 4 members (excludes halogenated alkanes) is 18. The van der Waals surface area contributed by atoms with E-state index in [4.69, 9.17) is 14.2 Å². The number of esters is 3. The Balaban J connectivity index is 4.56. The number of hydrogen-bond acceptors (Lipinski definition) is 6. The van der Waals surface area contributed by atoms with Gasteiger partial charge in [-0.2, -0.15) is 0 Å². The summed E-state index contributed by atoms with van der Waals surface area (Å²) in [4.78, 5) is 37.7. The zero-order chi connectivity index (χ0) is 43.0. The van der Waals surface area contributed by atoms with Gasteiger partial charge in [0.2, 0.25) is 0 Å². The Hall–Kier alpha value is -3.67. The summed E-state index contributed by atoms with van der Waals surface area (Å²) in [7, 11) is 0. The fraction of sp³-hybridized carbons (Fsp3) is 0.642. The van der Waals surface area contributed by atoms with E-state index in [1.165, 1.54) is 96.3 Å². The molecule has 59 heavy (non-hydrogen) atoms. The normalized spacial score (nSPS) is 12.9. The lowest BCUT2D eigenvalue weighted by atomic mass is 10.1. The fourth-order valence-electron chi connectivity index (χ4n) is 6.13. The molecule has 0 rings (SSSR count). The first kappa shape index (κ1) is 55.3. The van der Waals surface area contributed by atoms with E-state index in [2.05, 4.69) is 63.3 Å². The monoisotopic (exact) mass is 819 g/mol. The van der Waals surface area contributed by atoms with Gasteiger partial charge in [0.15, 0.2) is 6.10 Å². The van der Waals surface area contributed by atoms with Crippen molar-refractivity contribution in [3.8, 4) is 0 Å². The van der Waals surface area contributed by atoms with Crippen LogP contribution in [0.15, 0.2) is 97.2 Å². The lowest BCUT2D eigenvalue weighted by molar-refractivity contribution is -0.167. The van der Waals surface area contributed by atoms with Gasteiger partial charge < -0.3 is 14.2 Å². The first-order valence-electron chi connectivity index (χ1n) is 23.8. The van der Waals surface area contributed by atoms with Gasteiger partial charge in [-0.05, 0) is 64.2 Å².